The van der Waals surface area contributed by atoms with Crippen molar-refractivity contribution in [1.82, 2.24) is 40.4 Å². The van der Waals surface area contributed by atoms with Crippen LogP contribution in [0.3, 0.4) is 0 Å². The number of hydrogen-bond donors (Lipinski definition) is 2. The number of carbonyl (C=O) groups excluding carboxylic acids is 2. The van der Waals surface area contributed by atoms with Gasteiger partial charge in [0.05, 0.1) is 11.2 Å². The van der Waals surface area contributed by atoms with Crippen molar-refractivity contribution in [2.45, 2.75) is 155 Å². The van der Waals surface area contributed by atoms with Crippen molar-refractivity contribution >= 4 is 11.6 Å². The second kappa shape index (κ2) is 13.4. The molecule has 2 N–H and O–H groups in total. The van der Waals surface area contributed by atoms with E-state index in [-0.39, 0.29) is 29.2 Å². The highest BCUT2D eigenvalue weighted by Crippen LogP contribution is 2.76. The molecule has 316 valence electrons. The van der Waals surface area contributed by atoms with Crippen molar-refractivity contribution in [2.24, 2.45) is 106 Å². The number of tetrazole rings is 2. The second-order valence-corrected chi connectivity index (χ2v) is 23.3. The van der Waals surface area contributed by atoms with Crippen LogP contribution >= 0.6 is 0 Å². The molecule has 2 aromatic rings. The summed E-state index contributed by atoms with van der Waals surface area (Å²) in [7, 11) is 0. The summed E-state index contributed by atoms with van der Waals surface area (Å²) in [5, 5.41) is 44.3. The molecule has 0 radical (unpaired) electrons. The first-order chi connectivity index (χ1) is 27.7. The number of carbonyl (C=O) groups is 2. The van der Waals surface area contributed by atoms with Gasteiger partial charge in [-0.25, -0.2) is 4.68 Å². The van der Waals surface area contributed by atoms with Gasteiger partial charge in [0.15, 0.2) is 17.9 Å². The van der Waals surface area contributed by atoms with Crippen LogP contribution in [0.15, 0.2) is 12.7 Å². The molecule has 0 amide bonds. The molecule has 10 saturated carbocycles. The van der Waals surface area contributed by atoms with E-state index in [0.717, 1.165) is 96.7 Å². The lowest BCUT2D eigenvalue weighted by Gasteiger charge is -2.57. The summed E-state index contributed by atoms with van der Waals surface area (Å²) in [5.41, 5.74) is -0.550. The number of nitrogens with zero attached hydrogens (tertiary/aromatic N) is 8. The van der Waals surface area contributed by atoms with Gasteiger partial charge in [0.1, 0.15) is 19.4 Å². The van der Waals surface area contributed by atoms with Gasteiger partial charge in [-0.15, -0.1) is 15.3 Å². The first-order valence-corrected chi connectivity index (χ1v) is 23.7. The smallest absolute Gasteiger partial charge is 0.162 e. The summed E-state index contributed by atoms with van der Waals surface area (Å²) in [4.78, 5) is 28.1. The highest BCUT2D eigenvalue weighted by atomic mass is 16.3. The maximum atomic E-state index is 13.3. The van der Waals surface area contributed by atoms with Gasteiger partial charge in [-0.3, -0.25) is 9.59 Å². The maximum absolute atomic E-state index is 13.3. The summed E-state index contributed by atoms with van der Waals surface area (Å²) >= 11 is 0. The first kappa shape index (κ1) is 38.3. The van der Waals surface area contributed by atoms with Gasteiger partial charge in [0, 0.05) is 11.8 Å². The zero-order valence-electron chi connectivity index (χ0n) is 35.4. The Labute approximate surface area is 343 Å². The van der Waals surface area contributed by atoms with Crippen LogP contribution in [0.25, 0.3) is 0 Å². The Morgan fingerprint density at radius 2 is 1.10 bits per heavy atom. The van der Waals surface area contributed by atoms with E-state index in [2.05, 4.69) is 44.8 Å². The van der Waals surface area contributed by atoms with Gasteiger partial charge < -0.3 is 10.2 Å². The number of ketones is 2. The van der Waals surface area contributed by atoms with Gasteiger partial charge >= 0.3 is 0 Å². The molecular formula is C46H68N8O4. The fourth-order valence-electron chi connectivity index (χ4n) is 18.3. The third-order valence-electron chi connectivity index (χ3n) is 20.1. The van der Waals surface area contributed by atoms with Crippen LogP contribution in [-0.4, -0.2) is 73.4 Å². The van der Waals surface area contributed by atoms with Gasteiger partial charge in [-0.2, -0.15) is 4.80 Å². The Hall–Kier alpha value is -2.60. The SMILES string of the molecule is C[C@@]1(O)CC[C@H]2[C@H](CC[C@@H]3[C@@H]2CC[C@@]2(C)[C@H]3[C@@H]3C[C@@H]3[C@@H]2C(=O)Cn2cnnn2)C1.C[C@@]1(O)CC[C@H]2[C@H](CC[C@@H]3[C@@H]2CC[C@@]2(C)[C@H]3[C@@H]3C[C@@H]3[C@@H]2C(=O)Cn2ncnn2)C1. The third kappa shape index (κ3) is 6.07. The lowest BCUT2D eigenvalue weighted by atomic mass is 9.48. The lowest BCUT2D eigenvalue weighted by molar-refractivity contribution is -0.137. The Bertz CT molecular complexity index is 1750. The number of fused-ring (bicyclic) bond motifs is 14. The average molecular weight is 797 g/mol. The average Bonchev–Trinajstić information content (AvgIpc) is 3.83. The van der Waals surface area contributed by atoms with Crippen molar-refractivity contribution in [1.29, 1.82) is 0 Å². The number of rotatable bonds is 6. The van der Waals surface area contributed by atoms with Crippen LogP contribution in [0.4, 0.5) is 0 Å². The standard InChI is InChI=1S/2C23H34N4O2/c1-22(29)7-5-14-13(10-22)3-4-16-15(14)6-8-23(2)20(16)17-9-18(17)21(23)19(28)11-27-12-24-25-26-27;1-22(29)7-5-14-13(10-22)3-4-16-15(14)6-8-23(2)20(16)17-9-18(17)21(23)19(28)11-27-25-12-24-26-27/h2*12-18,20-21,29H,3-11H2,1-2H3/t2*13-,14+,15-,16-,17-,18+,20-,21-,22-,23+/m11/s1. The molecule has 0 unspecified atom stereocenters. The van der Waals surface area contributed by atoms with Crippen molar-refractivity contribution < 1.29 is 19.8 Å². The van der Waals surface area contributed by atoms with Crippen LogP contribution < -0.4 is 0 Å². The molecule has 12 heteroatoms. The van der Waals surface area contributed by atoms with Crippen LogP contribution in [0, 0.1) is 106 Å². The summed E-state index contributed by atoms with van der Waals surface area (Å²) < 4.78 is 1.60. The highest BCUT2D eigenvalue weighted by molar-refractivity contribution is 5.83. The molecule has 58 heavy (non-hydrogen) atoms. The van der Waals surface area contributed by atoms with E-state index in [1.807, 2.05) is 13.8 Å². The monoisotopic (exact) mass is 797 g/mol. The number of Topliss-reactive ketones (excluding diaryl/α,β-unsaturated/α-hetero) is 2. The van der Waals surface area contributed by atoms with Crippen LogP contribution in [-0.2, 0) is 22.7 Å². The fraction of sp³-hybridized carbons (Fsp3) is 0.913. The topological polar surface area (TPSA) is 162 Å². The predicted molar refractivity (Wildman–Crippen MR) is 213 cm³/mol. The van der Waals surface area contributed by atoms with Gasteiger partial charge in [-0.1, -0.05) is 13.8 Å². The molecule has 20 atom stereocenters. The van der Waals surface area contributed by atoms with Crippen molar-refractivity contribution in [3.05, 3.63) is 12.7 Å². The molecule has 2 aromatic heterocycles. The van der Waals surface area contributed by atoms with Crippen molar-refractivity contribution in [3.8, 4) is 0 Å². The Morgan fingerprint density at radius 3 is 1.59 bits per heavy atom. The molecule has 0 saturated heterocycles. The molecule has 0 aliphatic heterocycles. The second-order valence-electron chi connectivity index (χ2n) is 23.3. The molecule has 10 aliphatic rings. The minimum Gasteiger partial charge on any atom is -0.390 e. The third-order valence-corrected chi connectivity index (χ3v) is 20.1. The van der Waals surface area contributed by atoms with Crippen molar-refractivity contribution in [3.63, 3.8) is 0 Å². The Balaban J connectivity index is 0.000000133. The molecule has 2 heterocycles. The molecule has 10 fully saturated rings. The highest BCUT2D eigenvalue weighted by Gasteiger charge is 2.72. The predicted octanol–water partition coefficient (Wildman–Crippen LogP) is 6.24. The molecule has 10 aliphatic carbocycles. The van der Waals surface area contributed by atoms with Crippen LogP contribution in [0.2, 0.25) is 0 Å². The Morgan fingerprint density at radius 1 is 0.586 bits per heavy atom. The zero-order chi connectivity index (χ0) is 39.9. The number of aliphatic hydroxyl groups is 2. The summed E-state index contributed by atoms with van der Waals surface area (Å²) in [5.74, 6) is 11.6. The molecule has 12 rings (SSSR count). The largest absolute Gasteiger partial charge is 0.390 e. The van der Waals surface area contributed by atoms with E-state index in [4.69, 9.17) is 0 Å². The molecule has 0 aromatic carbocycles. The quantitative estimate of drug-likeness (QED) is 0.343. The van der Waals surface area contributed by atoms with E-state index in [9.17, 15) is 19.8 Å². The van der Waals surface area contributed by atoms with E-state index in [1.165, 1.54) is 88.2 Å². The summed E-state index contributed by atoms with van der Waals surface area (Å²) in [6.45, 7) is 9.58. The molecule has 12 nitrogen and oxygen atoms in total. The maximum Gasteiger partial charge on any atom is 0.162 e. The molecular weight excluding hydrogens is 729 g/mol. The van der Waals surface area contributed by atoms with Gasteiger partial charge in [-0.05, 0) is 226 Å². The molecule has 0 spiro atoms. The van der Waals surface area contributed by atoms with Crippen molar-refractivity contribution in [2.75, 3.05) is 0 Å². The minimum atomic E-state index is -0.445. The fourth-order valence-corrected chi connectivity index (χ4v) is 18.3. The summed E-state index contributed by atoms with van der Waals surface area (Å²) in [6, 6.07) is 0. The van der Waals surface area contributed by atoms with Crippen LogP contribution in [0.5, 0.6) is 0 Å². The van der Waals surface area contributed by atoms with E-state index < -0.39 is 11.2 Å². The van der Waals surface area contributed by atoms with Gasteiger partial charge in [0.2, 0.25) is 0 Å². The first-order valence-electron chi connectivity index (χ1n) is 23.7. The van der Waals surface area contributed by atoms with E-state index in [0.29, 0.717) is 29.9 Å². The number of hydrogen-bond acceptors (Lipinski definition) is 10. The van der Waals surface area contributed by atoms with Crippen LogP contribution in [0.1, 0.15) is 130 Å². The van der Waals surface area contributed by atoms with Gasteiger partial charge in [0.25, 0.3) is 0 Å². The van der Waals surface area contributed by atoms with E-state index in [1.54, 1.807) is 11.0 Å². The zero-order valence-corrected chi connectivity index (χ0v) is 35.4. The lowest BCUT2D eigenvalue weighted by Crippen LogP contribution is -2.52. The molecule has 0 bridgehead atoms. The normalized spacial score (nSPS) is 52.8. The summed E-state index contributed by atoms with van der Waals surface area (Å²) in [6.07, 6.45) is 22.0. The minimum absolute atomic E-state index is 0.166. The Kier molecular flexibility index (Phi) is 8.89. The number of aromatic nitrogens is 8. The van der Waals surface area contributed by atoms with E-state index >= 15 is 0 Å².